The summed E-state index contributed by atoms with van der Waals surface area (Å²) in [6.07, 6.45) is 3.22. The Morgan fingerprint density at radius 1 is 1.22 bits per heavy atom. The van der Waals surface area contributed by atoms with Crippen molar-refractivity contribution in [3.05, 3.63) is 52.7 Å². The molecule has 5 heteroatoms. The highest BCUT2D eigenvalue weighted by atomic mass is 16.2. The summed E-state index contributed by atoms with van der Waals surface area (Å²) in [6, 6.07) is 7.51. The summed E-state index contributed by atoms with van der Waals surface area (Å²) < 4.78 is 2.79. The summed E-state index contributed by atoms with van der Waals surface area (Å²) in [7, 11) is 1.65. The Labute approximate surface area is 105 Å². The number of anilines is 1. The van der Waals surface area contributed by atoms with Crippen molar-refractivity contribution in [2.45, 2.75) is 13.5 Å². The molecule has 18 heavy (non-hydrogen) atoms. The Morgan fingerprint density at radius 2 is 1.89 bits per heavy atom. The van der Waals surface area contributed by atoms with Crippen LogP contribution in [-0.4, -0.2) is 15.0 Å². The smallest absolute Gasteiger partial charge is 0.325 e. The summed E-state index contributed by atoms with van der Waals surface area (Å²) in [5.74, 6) is -0.216. The van der Waals surface area contributed by atoms with E-state index in [2.05, 4.69) is 5.32 Å². The van der Waals surface area contributed by atoms with Gasteiger partial charge in [-0.25, -0.2) is 4.79 Å². The second kappa shape index (κ2) is 4.91. The number of hydrogen-bond acceptors (Lipinski definition) is 2. The van der Waals surface area contributed by atoms with Crippen LogP contribution >= 0.6 is 0 Å². The highest BCUT2D eigenvalue weighted by molar-refractivity contribution is 5.90. The molecule has 0 unspecified atom stereocenters. The molecule has 2 rings (SSSR count). The first-order chi connectivity index (χ1) is 8.56. The van der Waals surface area contributed by atoms with Gasteiger partial charge in [-0.3, -0.25) is 9.36 Å². The van der Waals surface area contributed by atoms with E-state index in [1.807, 2.05) is 31.2 Å². The van der Waals surface area contributed by atoms with Gasteiger partial charge in [-0.1, -0.05) is 17.7 Å². The minimum atomic E-state index is -0.216. The predicted octanol–water partition coefficient (Wildman–Crippen LogP) is 1.13. The number of amides is 1. The number of nitrogens with zero attached hydrogens (tertiary/aromatic N) is 2. The molecule has 2 aromatic rings. The van der Waals surface area contributed by atoms with E-state index in [4.69, 9.17) is 0 Å². The maximum atomic E-state index is 11.7. The lowest BCUT2D eigenvalue weighted by Crippen LogP contribution is -2.28. The van der Waals surface area contributed by atoms with Crippen LogP contribution in [0.2, 0.25) is 0 Å². The molecular weight excluding hydrogens is 230 g/mol. The quantitative estimate of drug-likeness (QED) is 0.881. The first-order valence-electron chi connectivity index (χ1n) is 5.64. The van der Waals surface area contributed by atoms with Gasteiger partial charge in [0, 0.05) is 25.1 Å². The lowest BCUT2D eigenvalue weighted by Gasteiger charge is -2.05. The zero-order valence-corrected chi connectivity index (χ0v) is 10.4. The largest absolute Gasteiger partial charge is 0.328 e. The lowest BCUT2D eigenvalue weighted by atomic mass is 10.2. The van der Waals surface area contributed by atoms with E-state index in [0.29, 0.717) is 0 Å². The van der Waals surface area contributed by atoms with Crippen molar-refractivity contribution in [2.24, 2.45) is 7.05 Å². The van der Waals surface area contributed by atoms with Crippen molar-refractivity contribution in [3.8, 4) is 0 Å². The number of aromatic nitrogens is 2. The summed E-state index contributed by atoms with van der Waals surface area (Å²) >= 11 is 0. The maximum Gasteiger partial charge on any atom is 0.328 e. The number of nitrogens with one attached hydrogen (secondary N) is 1. The number of rotatable bonds is 3. The van der Waals surface area contributed by atoms with Gasteiger partial charge in [-0.15, -0.1) is 0 Å². The van der Waals surface area contributed by atoms with Crippen LogP contribution in [0.15, 0.2) is 41.5 Å². The Balaban J connectivity index is 2.03. The fourth-order valence-electron chi connectivity index (χ4n) is 1.62. The number of carbonyl (C=O) groups is 1. The zero-order chi connectivity index (χ0) is 13.1. The van der Waals surface area contributed by atoms with Gasteiger partial charge in [0.05, 0.1) is 0 Å². The molecule has 0 aliphatic rings. The van der Waals surface area contributed by atoms with Gasteiger partial charge >= 0.3 is 5.69 Å². The first kappa shape index (κ1) is 12.2. The van der Waals surface area contributed by atoms with E-state index in [9.17, 15) is 9.59 Å². The third-order valence-electron chi connectivity index (χ3n) is 2.67. The monoisotopic (exact) mass is 245 g/mol. The van der Waals surface area contributed by atoms with Crippen molar-refractivity contribution < 1.29 is 4.79 Å². The van der Waals surface area contributed by atoms with E-state index in [1.165, 1.54) is 9.13 Å². The maximum absolute atomic E-state index is 11.7. The van der Waals surface area contributed by atoms with E-state index in [1.54, 1.807) is 19.4 Å². The topological polar surface area (TPSA) is 56.0 Å². The van der Waals surface area contributed by atoms with Gasteiger partial charge in [0.2, 0.25) is 5.91 Å². The minimum absolute atomic E-state index is 0.0214. The van der Waals surface area contributed by atoms with Gasteiger partial charge in [0.15, 0.2) is 0 Å². The molecule has 5 nitrogen and oxygen atoms in total. The second-order valence-electron chi connectivity index (χ2n) is 4.23. The van der Waals surface area contributed by atoms with Crippen molar-refractivity contribution in [3.63, 3.8) is 0 Å². The molecule has 1 amide bonds. The Bertz CT molecular complexity index is 608. The normalized spacial score (nSPS) is 10.3. The molecule has 1 heterocycles. The molecule has 1 N–H and O–H groups in total. The molecule has 0 aliphatic heterocycles. The third kappa shape index (κ3) is 2.68. The van der Waals surface area contributed by atoms with Gasteiger partial charge in [0.25, 0.3) is 0 Å². The summed E-state index contributed by atoms with van der Waals surface area (Å²) in [5, 5.41) is 2.75. The van der Waals surface area contributed by atoms with Crippen molar-refractivity contribution in [2.75, 3.05) is 5.32 Å². The van der Waals surface area contributed by atoms with E-state index in [-0.39, 0.29) is 18.1 Å². The number of benzene rings is 1. The Hall–Kier alpha value is -2.30. The fourth-order valence-corrected chi connectivity index (χ4v) is 1.62. The second-order valence-corrected chi connectivity index (χ2v) is 4.23. The molecule has 0 fully saturated rings. The number of aryl methyl sites for hydroxylation is 2. The van der Waals surface area contributed by atoms with Crippen LogP contribution in [0.25, 0.3) is 0 Å². The van der Waals surface area contributed by atoms with Crippen LogP contribution in [-0.2, 0) is 18.4 Å². The van der Waals surface area contributed by atoms with Gasteiger partial charge in [-0.05, 0) is 19.1 Å². The molecule has 0 saturated heterocycles. The van der Waals surface area contributed by atoms with Crippen molar-refractivity contribution in [1.82, 2.24) is 9.13 Å². The van der Waals surface area contributed by atoms with Crippen LogP contribution in [0.3, 0.4) is 0 Å². The molecule has 1 aromatic carbocycles. The van der Waals surface area contributed by atoms with Crippen LogP contribution in [0.4, 0.5) is 5.69 Å². The van der Waals surface area contributed by atoms with Crippen molar-refractivity contribution >= 4 is 11.6 Å². The fraction of sp³-hybridized carbons (Fsp3) is 0.231. The van der Waals surface area contributed by atoms with Crippen LogP contribution in [0.1, 0.15) is 5.56 Å². The zero-order valence-electron chi connectivity index (χ0n) is 10.4. The highest BCUT2D eigenvalue weighted by Gasteiger charge is 2.06. The summed E-state index contributed by atoms with van der Waals surface area (Å²) in [4.78, 5) is 23.3. The molecular formula is C13H15N3O2. The Morgan fingerprint density at radius 3 is 2.44 bits per heavy atom. The SMILES string of the molecule is Cc1ccc(NC(=O)Cn2ccn(C)c2=O)cc1. The van der Waals surface area contributed by atoms with Crippen molar-refractivity contribution in [1.29, 1.82) is 0 Å². The van der Waals surface area contributed by atoms with Crippen LogP contribution in [0.5, 0.6) is 0 Å². The lowest BCUT2D eigenvalue weighted by molar-refractivity contribution is -0.116. The predicted molar refractivity (Wildman–Crippen MR) is 69.5 cm³/mol. The molecule has 0 spiro atoms. The average Bonchev–Trinajstić information content (AvgIpc) is 2.64. The van der Waals surface area contributed by atoms with Gasteiger partial charge in [-0.2, -0.15) is 0 Å². The Kier molecular flexibility index (Phi) is 3.32. The molecule has 0 atom stereocenters. The van der Waals surface area contributed by atoms with Crippen LogP contribution < -0.4 is 11.0 Å². The van der Waals surface area contributed by atoms with E-state index >= 15 is 0 Å². The molecule has 0 radical (unpaired) electrons. The van der Waals surface area contributed by atoms with Gasteiger partial charge in [0.1, 0.15) is 6.54 Å². The highest BCUT2D eigenvalue weighted by Crippen LogP contribution is 2.08. The standard InChI is InChI=1S/C13H15N3O2/c1-10-3-5-11(6-4-10)14-12(17)9-16-8-7-15(2)13(16)18/h3-8H,9H2,1-2H3,(H,14,17). The summed E-state index contributed by atoms with van der Waals surface area (Å²) in [5.41, 5.74) is 1.66. The number of carbonyl (C=O) groups excluding carboxylic acids is 1. The molecule has 1 aromatic heterocycles. The molecule has 0 saturated carbocycles. The minimum Gasteiger partial charge on any atom is -0.325 e. The summed E-state index contributed by atoms with van der Waals surface area (Å²) in [6.45, 7) is 2.00. The average molecular weight is 245 g/mol. The molecule has 94 valence electrons. The van der Waals surface area contributed by atoms with E-state index < -0.39 is 0 Å². The first-order valence-corrected chi connectivity index (χ1v) is 5.64. The molecule has 0 aliphatic carbocycles. The third-order valence-corrected chi connectivity index (χ3v) is 2.67. The number of imidazole rings is 1. The van der Waals surface area contributed by atoms with E-state index in [0.717, 1.165) is 11.3 Å². The number of hydrogen-bond donors (Lipinski definition) is 1. The van der Waals surface area contributed by atoms with Crippen LogP contribution in [0, 0.1) is 6.92 Å². The molecule has 0 bridgehead atoms. The van der Waals surface area contributed by atoms with Gasteiger partial charge < -0.3 is 9.88 Å².